The largest absolute Gasteiger partial charge is 0.464 e. The van der Waals surface area contributed by atoms with Crippen molar-refractivity contribution in [3.05, 3.63) is 35.9 Å². The molecule has 0 amide bonds. The number of rotatable bonds is 2. The van der Waals surface area contributed by atoms with Gasteiger partial charge in [0.1, 0.15) is 12.2 Å². The second kappa shape index (κ2) is 3.62. The molecular formula is C11H10O3. The summed E-state index contributed by atoms with van der Waals surface area (Å²) in [5, 5.41) is 0. The number of cyclic esters (lactones) is 1. The second-order valence-corrected chi connectivity index (χ2v) is 3.31. The third-order valence-corrected chi connectivity index (χ3v) is 2.49. The van der Waals surface area contributed by atoms with Crippen molar-refractivity contribution < 1.29 is 14.3 Å². The minimum absolute atomic E-state index is 0.110. The molecule has 0 aliphatic carbocycles. The lowest BCUT2D eigenvalue weighted by molar-refractivity contribution is -0.142. The van der Waals surface area contributed by atoms with E-state index in [1.165, 1.54) is 0 Å². The molecule has 2 rings (SSSR count). The van der Waals surface area contributed by atoms with E-state index in [-0.39, 0.29) is 5.92 Å². The van der Waals surface area contributed by atoms with Crippen LogP contribution in [0.15, 0.2) is 30.3 Å². The Morgan fingerprint density at radius 3 is 2.64 bits per heavy atom. The van der Waals surface area contributed by atoms with Crippen LogP contribution in [0.2, 0.25) is 0 Å². The van der Waals surface area contributed by atoms with Gasteiger partial charge in [0.2, 0.25) is 0 Å². The van der Waals surface area contributed by atoms with Crippen molar-refractivity contribution in [3.63, 3.8) is 0 Å². The minimum atomic E-state index is -0.627. The maximum atomic E-state index is 11.1. The molecule has 0 unspecified atom stereocenters. The van der Waals surface area contributed by atoms with E-state index >= 15 is 0 Å². The van der Waals surface area contributed by atoms with Gasteiger partial charge in [-0.1, -0.05) is 30.3 Å². The molecule has 72 valence electrons. The first-order valence-electron chi connectivity index (χ1n) is 4.50. The Labute approximate surface area is 81.7 Å². The monoisotopic (exact) mass is 190 g/mol. The smallest absolute Gasteiger partial charge is 0.316 e. The van der Waals surface area contributed by atoms with E-state index in [1.807, 2.05) is 30.3 Å². The Morgan fingerprint density at radius 1 is 1.29 bits per heavy atom. The van der Waals surface area contributed by atoms with Crippen LogP contribution < -0.4 is 0 Å². The first kappa shape index (κ1) is 8.94. The summed E-state index contributed by atoms with van der Waals surface area (Å²) in [6.07, 6.45) is 0.674. The molecule has 0 saturated carbocycles. The molecule has 0 bridgehead atoms. The summed E-state index contributed by atoms with van der Waals surface area (Å²) in [5.41, 5.74) is 0.982. The molecule has 3 heteroatoms. The predicted molar refractivity (Wildman–Crippen MR) is 49.7 cm³/mol. The van der Waals surface area contributed by atoms with Crippen LogP contribution in [0.25, 0.3) is 0 Å². The highest BCUT2D eigenvalue weighted by atomic mass is 16.5. The van der Waals surface area contributed by atoms with Crippen LogP contribution in [0, 0.1) is 5.92 Å². The van der Waals surface area contributed by atoms with Crippen LogP contribution in [0.1, 0.15) is 11.5 Å². The topological polar surface area (TPSA) is 43.4 Å². The third-order valence-electron chi connectivity index (χ3n) is 2.49. The lowest BCUT2D eigenvalue weighted by Crippen LogP contribution is -2.15. The molecule has 1 aliphatic rings. The first-order valence-corrected chi connectivity index (χ1v) is 4.50. The lowest BCUT2D eigenvalue weighted by Gasteiger charge is -2.09. The first-order chi connectivity index (χ1) is 6.83. The zero-order valence-electron chi connectivity index (χ0n) is 7.55. The van der Waals surface area contributed by atoms with Gasteiger partial charge >= 0.3 is 5.97 Å². The lowest BCUT2D eigenvalue weighted by atomic mass is 9.90. The highest BCUT2D eigenvalue weighted by Crippen LogP contribution is 2.30. The minimum Gasteiger partial charge on any atom is -0.464 e. The van der Waals surface area contributed by atoms with Gasteiger partial charge in [-0.05, 0) is 5.56 Å². The number of carbonyl (C=O) groups excluding carboxylic acids is 2. The maximum absolute atomic E-state index is 11.1. The number of hydrogen-bond donors (Lipinski definition) is 0. The molecule has 0 aromatic heterocycles. The van der Waals surface area contributed by atoms with Gasteiger partial charge in [-0.15, -0.1) is 0 Å². The Hall–Kier alpha value is -1.64. The van der Waals surface area contributed by atoms with Crippen molar-refractivity contribution in [2.45, 2.75) is 5.92 Å². The molecule has 1 aromatic carbocycles. The summed E-state index contributed by atoms with van der Waals surface area (Å²) < 4.78 is 4.85. The van der Waals surface area contributed by atoms with Gasteiger partial charge in [-0.3, -0.25) is 4.79 Å². The van der Waals surface area contributed by atoms with Crippen LogP contribution in [0.5, 0.6) is 0 Å². The molecule has 0 spiro atoms. The van der Waals surface area contributed by atoms with Gasteiger partial charge in [0.05, 0.1) is 6.61 Å². The van der Waals surface area contributed by atoms with E-state index in [0.29, 0.717) is 12.9 Å². The maximum Gasteiger partial charge on any atom is 0.316 e. The molecular weight excluding hydrogens is 180 g/mol. The Bertz CT molecular complexity index is 345. The fraction of sp³-hybridized carbons (Fsp3) is 0.273. The molecule has 0 radical (unpaired) electrons. The molecule has 1 aliphatic heterocycles. The van der Waals surface area contributed by atoms with E-state index in [4.69, 9.17) is 4.74 Å². The Balaban J connectivity index is 2.27. The number of aldehydes is 1. The standard InChI is InChI=1S/C11H10O3/c12-6-9-10(7-14-11(9)13)8-4-2-1-3-5-8/h1-6,9-10H,7H2/t9-,10+/m1/s1. The van der Waals surface area contributed by atoms with Crippen molar-refractivity contribution in [1.29, 1.82) is 0 Å². The van der Waals surface area contributed by atoms with E-state index in [0.717, 1.165) is 5.56 Å². The Kier molecular flexibility index (Phi) is 2.31. The Morgan fingerprint density at radius 2 is 2.00 bits per heavy atom. The molecule has 14 heavy (non-hydrogen) atoms. The SMILES string of the molecule is O=C[C@H]1C(=O)OC[C@H]1c1ccccc1. The van der Waals surface area contributed by atoms with E-state index < -0.39 is 11.9 Å². The molecule has 3 nitrogen and oxygen atoms in total. The number of esters is 1. The molecule has 0 N–H and O–H groups in total. The summed E-state index contributed by atoms with van der Waals surface area (Å²) in [7, 11) is 0. The van der Waals surface area contributed by atoms with Gasteiger partial charge in [0.25, 0.3) is 0 Å². The highest BCUT2D eigenvalue weighted by molar-refractivity contribution is 5.90. The van der Waals surface area contributed by atoms with Crippen molar-refractivity contribution in [3.8, 4) is 0 Å². The van der Waals surface area contributed by atoms with Crippen molar-refractivity contribution >= 4 is 12.3 Å². The fourth-order valence-electron chi connectivity index (χ4n) is 1.69. The molecule has 1 saturated heterocycles. The summed E-state index contributed by atoms with van der Waals surface area (Å²) in [5.74, 6) is -1.15. The molecule has 2 atom stereocenters. The predicted octanol–water partition coefficient (Wildman–Crippen LogP) is 1.14. The van der Waals surface area contributed by atoms with Gasteiger partial charge in [0.15, 0.2) is 0 Å². The normalized spacial score (nSPS) is 25.9. The van der Waals surface area contributed by atoms with Crippen molar-refractivity contribution in [2.75, 3.05) is 6.61 Å². The van der Waals surface area contributed by atoms with E-state index in [9.17, 15) is 9.59 Å². The van der Waals surface area contributed by atoms with E-state index in [2.05, 4.69) is 0 Å². The average Bonchev–Trinajstić information content (AvgIpc) is 2.61. The number of benzene rings is 1. The van der Waals surface area contributed by atoms with Crippen molar-refractivity contribution in [2.24, 2.45) is 5.92 Å². The van der Waals surface area contributed by atoms with Crippen LogP contribution in [-0.4, -0.2) is 18.9 Å². The highest BCUT2D eigenvalue weighted by Gasteiger charge is 2.37. The zero-order chi connectivity index (χ0) is 9.97. The molecule has 1 fully saturated rings. The average molecular weight is 190 g/mol. The zero-order valence-corrected chi connectivity index (χ0v) is 7.55. The van der Waals surface area contributed by atoms with E-state index in [1.54, 1.807) is 0 Å². The summed E-state index contributed by atoms with van der Waals surface area (Å²) >= 11 is 0. The molecule has 1 aromatic rings. The van der Waals surface area contributed by atoms with Gasteiger partial charge in [-0.25, -0.2) is 0 Å². The fourth-order valence-corrected chi connectivity index (χ4v) is 1.69. The van der Waals surface area contributed by atoms with Crippen LogP contribution in [0.3, 0.4) is 0 Å². The quantitative estimate of drug-likeness (QED) is 0.399. The number of hydrogen-bond acceptors (Lipinski definition) is 3. The summed E-state index contributed by atoms with van der Waals surface area (Å²) in [6.45, 7) is 0.312. The van der Waals surface area contributed by atoms with Gasteiger partial charge < -0.3 is 9.53 Å². The summed E-state index contributed by atoms with van der Waals surface area (Å²) in [6, 6.07) is 9.49. The second-order valence-electron chi connectivity index (χ2n) is 3.31. The number of ether oxygens (including phenoxy) is 1. The van der Waals surface area contributed by atoms with Gasteiger partial charge in [-0.2, -0.15) is 0 Å². The van der Waals surface area contributed by atoms with Crippen molar-refractivity contribution in [1.82, 2.24) is 0 Å². The molecule has 1 heterocycles. The third kappa shape index (κ3) is 1.41. The van der Waals surface area contributed by atoms with Gasteiger partial charge in [0, 0.05) is 5.92 Å². The summed E-state index contributed by atoms with van der Waals surface area (Å²) in [4.78, 5) is 21.8. The van der Waals surface area contributed by atoms with Crippen LogP contribution in [0.4, 0.5) is 0 Å². The van der Waals surface area contributed by atoms with Crippen LogP contribution in [-0.2, 0) is 14.3 Å². The van der Waals surface area contributed by atoms with Crippen LogP contribution >= 0.6 is 0 Å². The number of carbonyl (C=O) groups is 2.